The molecule has 3 aliphatic rings. The Morgan fingerprint density at radius 1 is 0.949 bits per heavy atom. The van der Waals surface area contributed by atoms with E-state index in [2.05, 4.69) is 27.1 Å². The zero-order valence-electron chi connectivity index (χ0n) is 33.3. The van der Waals surface area contributed by atoms with Crippen molar-refractivity contribution in [3.63, 3.8) is 0 Å². The van der Waals surface area contributed by atoms with E-state index in [9.17, 15) is 29.1 Å². The second-order valence-electron chi connectivity index (χ2n) is 14.3. The Labute approximate surface area is 340 Å². The number of nitrogens with zero attached hydrogens (tertiary/aromatic N) is 7. The van der Waals surface area contributed by atoms with Crippen LogP contribution in [0.1, 0.15) is 90.4 Å². The van der Waals surface area contributed by atoms with E-state index >= 15 is 0 Å². The summed E-state index contributed by atoms with van der Waals surface area (Å²) in [5, 5.41) is 16.2. The van der Waals surface area contributed by atoms with Crippen LogP contribution in [-0.2, 0) is 22.6 Å². The van der Waals surface area contributed by atoms with Gasteiger partial charge in [-0.3, -0.25) is 34.2 Å². The van der Waals surface area contributed by atoms with E-state index in [1.54, 1.807) is 22.9 Å². The lowest BCUT2D eigenvalue weighted by Crippen LogP contribution is -2.54. The maximum absolute atomic E-state index is 13.4. The van der Waals surface area contributed by atoms with Crippen LogP contribution in [0.4, 0.5) is 17.3 Å². The van der Waals surface area contributed by atoms with Gasteiger partial charge < -0.3 is 20.1 Å². The number of hydrogen-bond donors (Lipinski definition) is 3. The minimum atomic E-state index is -1.01. The minimum Gasteiger partial charge on any atom is -0.494 e. The van der Waals surface area contributed by atoms with Crippen molar-refractivity contribution in [2.75, 3.05) is 30.4 Å². The highest BCUT2D eigenvalue weighted by atomic mass is 16.5. The van der Waals surface area contributed by atoms with Crippen molar-refractivity contribution in [3.8, 4) is 11.6 Å². The maximum atomic E-state index is 13.4. The minimum absolute atomic E-state index is 0.0647. The van der Waals surface area contributed by atoms with E-state index in [0.29, 0.717) is 47.3 Å². The number of aryl methyl sites for hydroxylation is 1. The van der Waals surface area contributed by atoms with E-state index < -0.39 is 35.8 Å². The molecule has 2 aromatic carbocycles. The van der Waals surface area contributed by atoms with Gasteiger partial charge in [0.15, 0.2) is 11.5 Å². The quantitative estimate of drug-likeness (QED) is 0.0775. The molecule has 0 radical (unpaired) electrons. The predicted molar refractivity (Wildman–Crippen MR) is 221 cm³/mol. The standard InChI is InChI=1S/C41H41N9O7.C2H6/c1-3-19-48-38(54)30-23-42-41(46-36(30)50(48)33-17-8-24-7-16-32(51)35(24)44-33)43-25-9-11-26(12-10-25)47(2)20-5-4-6-21-57-27-13-14-28-29(22-27)40(56)49(39(28)55)31-15-18-34(52)45-37(31)53;1-2/h3,8-14,17,22-23,31-32,51H,1,4-7,15-16,18-21H2,2H3,(H,42,43,46)(H,45,52,53);1-2H3. The lowest BCUT2D eigenvalue weighted by Gasteiger charge is -2.27. The fourth-order valence-electron chi connectivity index (χ4n) is 7.56. The van der Waals surface area contributed by atoms with Crippen molar-refractivity contribution in [1.82, 2.24) is 34.5 Å². The van der Waals surface area contributed by atoms with Gasteiger partial charge in [-0.25, -0.2) is 19.3 Å². The number of imide groups is 2. The number of aromatic nitrogens is 5. The second-order valence-corrected chi connectivity index (χ2v) is 14.3. The van der Waals surface area contributed by atoms with Crippen LogP contribution in [0.5, 0.6) is 5.75 Å². The smallest absolute Gasteiger partial charge is 0.278 e. The van der Waals surface area contributed by atoms with Crippen molar-refractivity contribution in [2.45, 2.75) is 77.5 Å². The van der Waals surface area contributed by atoms with Crippen LogP contribution < -0.4 is 25.8 Å². The summed E-state index contributed by atoms with van der Waals surface area (Å²) in [4.78, 5) is 80.2. The molecule has 2 atom stereocenters. The number of aliphatic hydroxyl groups is 1. The number of fused-ring (bicyclic) bond motifs is 3. The van der Waals surface area contributed by atoms with Crippen molar-refractivity contribution in [1.29, 1.82) is 0 Å². The summed E-state index contributed by atoms with van der Waals surface area (Å²) in [6.07, 6.45) is 6.62. The van der Waals surface area contributed by atoms with E-state index in [0.717, 1.165) is 54.1 Å². The Balaban J connectivity index is 0.00000260. The summed E-state index contributed by atoms with van der Waals surface area (Å²) in [6.45, 7) is 9.28. The molecule has 8 rings (SSSR count). The lowest BCUT2D eigenvalue weighted by atomic mass is 10.0. The normalized spacial score (nSPS) is 17.0. The average molecular weight is 802 g/mol. The zero-order valence-corrected chi connectivity index (χ0v) is 33.3. The molecule has 5 heterocycles. The van der Waals surface area contributed by atoms with Crippen molar-refractivity contribution in [3.05, 3.63) is 106 Å². The first kappa shape index (κ1) is 40.5. The third-order valence-corrected chi connectivity index (χ3v) is 10.6. The third kappa shape index (κ3) is 8.08. The number of benzene rings is 2. The molecule has 16 nitrogen and oxygen atoms in total. The van der Waals surface area contributed by atoms with E-state index in [4.69, 9.17) is 14.7 Å². The van der Waals surface area contributed by atoms with Crippen LogP contribution in [0.3, 0.4) is 0 Å². The number of allylic oxidation sites excluding steroid dienone is 1. The summed E-state index contributed by atoms with van der Waals surface area (Å²) in [6, 6.07) is 15.4. The lowest BCUT2D eigenvalue weighted by molar-refractivity contribution is -0.136. The Bertz CT molecular complexity index is 2490. The van der Waals surface area contributed by atoms with E-state index in [1.165, 1.54) is 16.9 Å². The molecule has 5 aromatic rings. The van der Waals surface area contributed by atoms with Gasteiger partial charge in [0.25, 0.3) is 17.4 Å². The number of amides is 4. The summed E-state index contributed by atoms with van der Waals surface area (Å²) >= 11 is 0. The molecule has 1 aliphatic carbocycles. The third-order valence-electron chi connectivity index (χ3n) is 10.6. The monoisotopic (exact) mass is 801 g/mol. The second kappa shape index (κ2) is 17.4. The molecule has 2 aliphatic heterocycles. The van der Waals surface area contributed by atoms with Gasteiger partial charge in [0.2, 0.25) is 17.8 Å². The SMILES string of the molecule is C=CCn1c(=O)c2cnc(Nc3ccc(N(C)CCCCCOc4ccc5c(c4)C(=O)N(C4CCC(=O)NC4=O)C5=O)cc3)nc2n1-c1ccc2c(n1)C(O)CC2.CC. The Kier molecular flexibility index (Phi) is 12.0. The Morgan fingerprint density at radius 2 is 1.73 bits per heavy atom. The molecule has 1 saturated heterocycles. The van der Waals surface area contributed by atoms with Gasteiger partial charge in [0.05, 0.1) is 36.1 Å². The number of rotatable bonds is 14. The van der Waals surface area contributed by atoms with Crippen LogP contribution in [0.25, 0.3) is 16.9 Å². The van der Waals surface area contributed by atoms with E-state index in [1.807, 2.05) is 57.3 Å². The van der Waals surface area contributed by atoms with Gasteiger partial charge in [0.1, 0.15) is 17.2 Å². The molecular weight excluding hydrogens is 755 g/mol. The molecule has 306 valence electrons. The molecule has 1 fully saturated rings. The number of hydrogen-bond acceptors (Lipinski definition) is 12. The Hall–Kier alpha value is -6.68. The van der Waals surface area contributed by atoms with Crippen molar-refractivity contribution < 1.29 is 29.0 Å². The van der Waals surface area contributed by atoms with Crippen molar-refractivity contribution >= 4 is 52.0 Å². The van der Waals surface area contributed by atoms with Gasteiger partial charge in [-0.2, -0.15) is 4.98 Å². The maximum Gasteiger partial charge on any atom is 0.278 e. The van der Waals surface area contributed by atoms with Crippen LogP contribution in [-0.4, -0.2) is 84.2 Å². The molecule has 0 saturated carbocycles. The van der Waals surface area contributed by atoms with Gasteiger partial charge in [0, 0.05) is 37.6 Å². The first-order chi connectivity index (χ1) is 28.6. The first-order valence-electron chi connectivity index (χ1n) is 20.0. The van der Waals surface area contributed by atoms with Crippen LogP contribution >= 0.6 is 0 Å². The number of carbonyl (C=O) groups excluding carboxylic acids is 4. The summed E-state index contributed by atoms with van der Waals surface area (Å²) in [7, 11) is 2.02. The number of aliphatic hydroxyl groups excluding tert-OH is 1. The highest BCUT2D eigenvalue weighted by Gasteiger charge is 2.44. The van der Waals surface area contributed by atoms with Gasteiger partial charge >= 0.3 is 0 Å². The number of piperidine rings is 1. The number of ether oxygens (including phenoxy) is 1. The van der Waals surface area contributed by atoms with Gasteiger partial charge in [-0.15, -0.1) is 6.58 Å². The fraction of sp³-hybridized carbons (Fsp3) is 0.349. The molecule has 3 aromatic heterocycles. The molecular formula is C43H47N9O7. The number of nitrogens with one attached hydrogen (secondary N) is 2. The van der Waals surface area contributed by atoms with E-state index in [-0.39, 0.29) is 36.1 Å². The summed E-state index contributed by atoms with van der Waals surface area (Å²) < 4.78 is 9.06. The highest BCUT2D eigenvalue weighted by molar-refractivity contribution is 6.23. The topological polar surface area (TPSA) is 194 Å². The summed E-state index contributed by atoms with van der Waals surface area (Å²) in [5.41, 5.74) is 3.93. The van der Waals surface area contributed by atoms with Crippen molar-refractivity contribution in [2.24, 2.45) is 0 Å². The number of unbranched alkanes of at least 4 members (excludes halogenated alkanes) is 2. The highest BCUT2D eigenvalue weighted by Crippen LogP contribution is 2.32. The van der Waals surface area contributed by atoms with Gasteiger partial charge in [-0.1, -0.05) is 26.0 Å². The van der Waals surface area contributed by atoms with Crippen LogP contribution in [0, 0.1) is 0 Å². The molecule has 0 spiro atoms. The average Bonchev–Trinajstić information content (AvgIpc) is 3.83. The summed E-state index contributed by atoms with van der Waals surface area (Å²) in [5.74, 6) is -0.919. The number of carbonyl (C=O) groups is 4. The molecule has 16 heteroatoms. The van der Waals surface area contributed by atoms with Crippen LogP contribution in [0.15, 0.2) is 78.2 Å². The first-order valence-corrected chi connectivity index (χ1v) is 20.0. The van der Waals surface area contributed by atoms with Gasteiger partial charge in [-0.05, 0) is 92.6 Å². The van der Waals surface area contributed by atoms with Crippen LogP contribution in [0.2, 0.25) is 0 Å². The largest absolute Gasteiger partial charge is 0.494 e. The molecule has 3 N–H and O–H groups in total. The number of anilines is 3. The Morgan fingerprint density at radius 3 is 2.49 bits per heavy atom. The molecule has 59 heavy (non-hydrogen) atoms. The molecule has 0 bridgehead atoms. The molecule has 4 amide bonds. The number of pyridine rings is 1. The fourth-order valence-corrected chi connectivity index (χ4v) is 7.56. The molecule has 2 unspecified atom stereocenters. The zero-order chi connectivity index (χ0) is 41.8. The predicted octanol–water partition coefficient (Wildman–Crippen LogP) is 5.00.